The Labute approximate surface area is 409 Å². The molecule has 0 aliphatic carbocycles. The number of carbonyl (C=O) groups excluding carboxylic acids is 2. The van der Waals surface area contributed by atoms with Crippen LogP contribution in [0.3, 0.4) is 0 Å². The van der Waals surface area contributed by atoms with Gasteiger partial charge in [0, 0.05) is 19.4 Å². The average Bonchev–Trinajstić information content (AvgIpc) is 3.32. The summed E-state index contributed by atoms with van der Waals surface area (Å²) in [7, 11) is 0. The first-order valence-corrected chi connectivity index (χ1v) is 28.1. The fourth-order valence-electron chi connectivity index (χ4n) is 7.77. The molecule has 0 aliphatic rings. The maximum atomic E-state index is 12.8. The van der Waals surface area contributed by atoms with Crippen LogP contribution in [0.1, 0.15) is 265 Å². The molecule has 0 rings (SSSR count). The molecule has 0 saturated heterocycles. The maximum absolute atomic E-state index is 12.8. The molecule has 0 saturated carbocycles. The quantitative estimate of drug-likeness (QED) is 0.0346. The Hall–Kier alpha value is -2.92. The van der Waals surface area contributed by atoms with Gasteiger partial charge in [0.05, 0.1) is 6.61 Å². The Kier molecular flexibility index (Phi) is 53.9. The van der Waals surface area contributed by atoms with Gasteiger partial charge in [0.25, 0.3) is 0 Å². The second-order valence-corrected chi connectivity index (χ2v) is 18.5. The number of hydrogen-bond donors (Lipinski definition) is 0. The summed E-state index contributed by atoms with van der Waals surface area (Å²) in [5.41, 5.74) is 0. The molecule has 0 fully saturated rings. The molecule has 1 atom stereocenters. The number of esters is 2. The van der Waals surface area contributed by atoms with Crippen LogP contribution in [0.25, 0.3) is 0 Å². The molecule has 1 unspecified atom stereocenters. The third kappa shape index (κ3) is 53.7. The zero-order chi connectivity index (χ0) is 47.7. The molecule has 0 aromatic heterocycles. The van der Waals surface area contributed by atoms with E-state index in [0.717, 1.165) is 64.2 Å². The van der Waals surface area contributed by atoms with E-state index < -0.39 is 6.10 Å². The van der Waals surface area contributed by atoms with Crippen molar-refractivity contribution in [2.24, 2.45) is 0 Å². The molecule has 66 heavy (non-hydrogen) atoms. The molecule has 0 heterocycles. The molecule has 0 bridgehead atoms. The molecule has 5 nitrogen and oxygen atoms in total. The molecule has 0 aromatic carbocycles. The molecule has 0 spiro atoms. The minimum Gasteiger partial charge on any atom is -0.462 e. The lowest BCUT2D eigenvalue weighted by molar-refractivity contribution is -0.162. The van der Waals surface area contributed by atoms with Crippen LogP contribution in [0.15, 0.2) is 85.1 Å². The van der Waals surface area contributed by atoms with Gasteiger partial charge in [0.1, 0.15) is 6.61 Å². The van der Waals surface area contributed by atoms with Crippen LogP contribution in [0.5, 0.6) is 0 Å². The van der Waals surface area contributed by atoms with E-state index in [1.807, 2.05) is 6.08 Å². The minimum atomic E-state index is -0.568. The van der Waals surface area contributed by atoms with E-state index in [-0.39, 0.29) is 25.2 Å². The van der Waals surface area contributed by atoms with Crippen LogP contribution in [0.4, 0.5) is 0 Å². The van der Waals surface area contributed by atoms with Crippen molar-refractivity contribution in [1.82, 2.24) is 0 Å². The van der Waals surface area contributed by atoms with Gasteiger partial charge < -0.3 is 14.2 Å². The second-order valence-electron chi connectivity index (χ2n) is 18.5. The zero-order valence-electron chi connectivity index (χ0n) is 43.7. The fraction of sp³-hybridized carbons (Fsp3) is 0.738. The second kappa shape index (κ2) is 56.4. The van der Waals surface area contributed by atoms with Crippen molar-refractivity contribution in [2.75, 3.05) is 19.8 Å². The smallest absolute Gasteiger partial charge is 0.306 e. The highest BCUT2D eigenvalue weighted by Gasteiger charge is 2.17. The van der Waals surface area contributed by atoms with E-state index in [1.54, 1.807) is 0 Å². The molecular weight excluding hydrogens is 813 g/mol. The van der Waals surface area contributed by atoms with Crippen molar-refractivity contribution in [2.45, 2.75) is 271 Å². The molecule has 0 aliphatic heterocycles. The number of hydrogen-bond acceptors (Lipinski definition) is 5. The molecule has 0 radical (unpaired) electrons. The summed E-state index contributed by atoms with van der Waals surface area (Å²) in [6.45, 7) is 7.64. The van der Waals surface area contributed by atoms with E-state index in [9.17, 15) is 9.59 Å². The Morgan fingerprint density at radius 2 is 0.712 bits per heavy atom. The van der Waals surface area contributed by atoms with Crippen LogP contribution in [0, 0.1) is 0 Å². The molecule has 0 N–H and O–H groups in total. The van der Waals surface area contributed by atoms with Crippen molar-refractivity contribution in [3.8, 4) is 0 Å². The Balaban J connectivity index is 4.31. The van der Waals surface area contributed by atoms with Crippen molar-refractivity contribution < 1.29 is 23.8 Å². The Morgan fingerprint density at radius 3 is 1.15 bits per heavy atom. The van der Waals surface area contributed by atoms with Gasteiger partial charge in [-0.2, -0.15) is 0 Å². The van der Waals surface area contributed by atoms with Crippen molar-refractivity contribution in [3.05, 3.63) is 85.1 Å². The lowest BCUT2D eigenvalue weighted by Gasteiger charge is -2.18. The van der Waals surface area contributed by atoms with Gasteiger partial charge in [-0.25, -0.2) is 0 Å². The van der Waals surface area contributed by atoms with Crippen LogP contribution >= 0.6 is 0 Å². The third-order valence-electron chi connectivity index (χ3n) is 11.9. The van der Waals surface area contributed by atoms with Gasteiger partial charge >= 0.3 is 11.9 Å². The molecule has 5 heteroatoms. The summed E-state index contributed by atoms with van der Waals surface area (Å²) in [6, 6.07) is 0. The molecule has 380 valence electrons. The standard InChI is InChI=1S/C61H106O5/c1-4-7-10-13-16-19-22-24-26-28-30-32-34-36-38-41-44-47-50-53-56-64-57-59(66-61(63)55-52-49-46-43-39-21-18-15-12-9-6-3)58-65-60(62)54-51-48-45-42-40-37-35-33-31-29-27-25-23-20-17-14-11-8-5-2/h8,11,17,20,24-27,31,33,37,40,45,48,59H,4-7,9-10,12-16,18-19,21-23,28-30,32,34-36,38-39,41-44,46-47,49-58H2,1-3H3/b11-8-,20-17-,26-24-,27-25-,33-31-,40-37-,48-45-. The first-order valence-electron chi connectivity index (χ1n) is 28.1. The van der Waals surface area contributed by atoms with Crippen LogP contribution in [0.2, 0.25) is 0 Å². The van der Waals surface area contributed by atoms with Crippen LogP contribution in [-0.2, 0) is 23.8 Å². The summed E-state index contributed by atoms with van der Waals surface area (Å²) in [6.07, 6.45) is 74.7. The monoisotopic (exact) mass is 919 g/mol. The Bertz CT molecular complexity index is 1220. The summed E-state index contributed by atoms with van der Waals surface area (Å²) < 4.78 is 17.4. The van der Waals surface area contributed by atoms with Gasteiger partial charge in [-0.1, -0.05) is 254 Å². The van der Waals surface area contributed by atoms with Gasteiger partial charge in [-0.05, 0) is 83.5 Å². The topological polar surface area (TPSA) is 61.8 Å². The number of carbonyl (C=O) groups is 2. The summed E-state index contributed by atoms with van der Waals surface area (Å²) in [4.78, 5) is 25.4. The SMILES string of the molecule is CC/C=C\C/C=C\C/C=C\C/C=C\C/C=C\C/C=C\CCC(=O)OCC(COCCCCCCCCCCCC/C=C\CCCCCCCC)OC(=O)CCCCCCCCCCCCC. The van der Waals surface area contributed by atoms with Crippen molar-refractivity contribution in [1.29, 1.82) is 0 Å². The summed E-state index contributed by atoms with van der Waals surface area (Å²) in [5, 5.41) is 0. The number of ether oxygens (including phenoxy) is 3. The minimum absolute atomic E-state index is 0.0442. The zero-order valence-corrected chi connectivity index (χ0v) is 43.7. The molecule has 0 amide bonds. The lowest BCUT2D eigenvalue weighted by Crippen LogP contribution is -2.30. The van der Waals surface area contributed by atoms with Crippen LogP contribution < -0.4 is 0 Å². The first kappa shape index (κ1) is 63.1. The predicted molar refractivity (Wildman–Crippen MR) is 288 cm³/mol. The lowest BCUT2D eigenvalue weighted by atomic mass is 10.1. The molecule has 0 aromatic rings. The van der Waals surface area contributed by atoms with E-state index in [4.69, 9.17) is 14.2 Å². The van der Waals surface area contributed by atoms with Crippen molar-refractivity contribution >= 4 is 11.9 Å². The number of unbranched alkanes of at least 4 members (excludes halogenated alkanes) is 26. The highest BCUT2D eigenvalue weighted by atomic mass is 16.6. The normalized spacial score (nSPS) is 12.8. The third-order valence-corrected chi connectivity index (χ3v) is 11.9. The van der Waals surface area contributed by atoms with E-state index in [1.165, 1.54) is 161 Å². The number of allylic oxidation sites excluding steroid dienone is 14. The number of rotatable bonds is 51. The molecular formula is C61H106O5. The van der Waals surface area contributed by atoms with Gasteiger partial charge in [-0.3, -0.25) is 9.59 Å². The Morgan fingerprint density at radius 1 is 0.348 bits per heavy atom. The summed E-state index contributed by atoms with van der Waals surface area (Å²) in [5.74, 6) is -0.489. The van der Waals surface area contributed by atoms with Gasteiger partial charge in [0.2, 0.25) is 0 Å². The van der Waals surface area contributed by atoms with E-state index in [2.05, 4.69) is 99.8 Å². The van der Waals surface area contributed by atoms with Gasteiger partial charge in [-0.15, -0.1) is 0 Å². The van der Waals surface area contributed by atoms with E-state index in [0.29, 0.717) is 25.9 Å². The fourth-order valence-corrected chi connectivity index (χ4v) is 7.77. The van der Waals surface area contributed by atoms with Gasteiger partial charge in [0.15, 0.2) is 6.10 Å². The average molecular weight is 920 g/mol. The first-order chi connectivity index (χ1) is 32.6. The van der Waals surface area contributed by atoms with E-state index >= 15 is 0 Å². The summed E-state index contributed by atoms with van der Waals surface area (Å²) >= 11 is 0. The van der Waals surface area contributed by atoms with Crippen molar-refractivity contribution in [3.63, 3.8) is 0 Å². The largest absolute Gasteiger partial charge is 0.462 e. The highest BCUT2D eigenvalue weighted by molar-refractivity contribution is 5.70. The van der Waals surface area contributed by atoms with Crippen LogP contribution in [-0.4, -0.2) is 37.9 Å². The highest BCUT2D eigenvalue weighted by Crippen LogP contribution is 2.15. The predicted octanol–water partition coefficient (Wildman–Crippen LogP) is 19.2. The maximum Gasteiger partial charge on any atom is 0.306 e.